The SMILES string of the molecule is O=C(O)[C@H]1O[C@H](Oc2cc(O)c3c(=O)cc(-c4ccc(O)cc4)oc3c2)[C@@H](O)[C@H](O)[C@@H]1O. The number of aromatic hydroxyl groups is 2. The van der Waals surface area contributed by atoms with Gasteiger partial charge in [0, 0.05) is 23.8 Å². The fourth-order valence-electron chi connectivity index (χ4n) is 3.36. The maximum atomic E-state index is 12.5. The fourth-order valence-corrected chi connectivity index (χ4v) is 3.36. The number of hydrogen-bond acceptors (Lipinski definition) is 10. The predicted octanol–water partition coefficient (Wildman–Crippen LogP) is 0.142. The fraction of sp³-hybridized carbons (Fsp3) is 0.238. The lowest BCUT2D eigenvalue weighted by atomic mass is 9.99. The van der Waals surface area contributed by atoms with E-state index in [2.05, 4.69) is 0 Å². The second kappa shape index (κ2) is 8.13. The van der Waals surface area contributed by atoms with Gasteiger partial charge in [-0.15, -0.1) is 0 Å². The van der Waals surface area contributed by atoms with E-state index in [1.165, 1.54) is 30.3 Å². The van der Waals surface area contributed by atoms with Crippen LogP contribution in [0.2, 0.25) is 0 Å². The molecule has 5 atom stereocenters. The van der Waals surface area contributed by atoms with Gasteiger partial charge >= 0.3 is 5.97 Å². The molecular weight excluding hydrogens is 428 g/mol. The number of hydrogen-bond donors (Lipinski definition) is 6. The maximum absolute atomic E-state index is 12.5. The van der Waals surface area contributed by atoms with Crippen LogP contribution in [0.4, 0.5) is 0 Å². The topological polar surface area (TPSA) is 187 Å². The first-order valence-electron chi connectivity index (χ1n) is 9.35. The number of aliphatic hydroxyl groups is 3. The quantitative estimate of drug-likeness (QED) is 0.320. The minimum absolute atomic E-state index is 0.0169. The minimum atomic E-state index is -1.89. The van der Waals surface area contributed by atoms with Gasteiger partial charge in [-0.2, -0.15) is 0 Å². The largest absolute Gasteiger partial charge is 0.508 e. The zero-order chi connectivity index (χ0) is 23.2. The molecule has 1 aliphatic rings. The molecule has 4 rings (SSSR count). The number of carboxylic acids is 1. The highest BCUT2D eigenvalue weighted by Gasteiger charge is 2.48. The summed E-state index contributed by atoms with van der Waals surface area (Å²) in [7, 11) is 0. The summed E-state index contributed by atoms with van der Waals surface area (Å²) in [6, 6.07) is 9.24. The highest BCUT2D eigenvalue weighted by Crippen LogP contribution is 2.33. The number of fused-ring (bicyclic) bond motifs is 1. The number of benzene rings is 2. The Morgan fingerprint density at radius 2 is 1.62 bits per heavy atom. The Bertz CT molecular complexity index is 1220. The van der Waals surface area contributed by atoms with Crippen molar-refractivity contribution in [1.82, 2.24) is 0 Å². The van der Waals surface area contributed by atoms with Crippen molar-refractivity contribution in [3.8, 4) is 28.6 Å². The Morgan fingerprint density at radius 1 is 0.938 bits per heavy atom. The second-order valence-electron chi connectivity index (χ2n) is 7.19. The molecule has 2 aromatic carbocycles. The molecule has 0 bridgehead atoms. The molecule has 1 aliphatic heterocycles. The molecule has 11 nitrogen and oxygen atoms in total. The van der Waals surface area contributed by atoms with E-state index >= 15 is 0 Å². The van der Waals surface area contributed by atoms with Crippen molar-refractivity contribution >= 4 is 16.9 Å². The third-order valence-corrected chi connectivity index (χ3v) is 5.00. The van der Waals surface area contributed by atoms with Gasteiger partial charge in [0.25, 0.3) is 0 Å². The van der Waals surface area contributed by atoms with Gasteiger partial charge in [0.15, 0.2) is 11.5 Å². The summed E-state index contributed by atoms with van der Waals surface area (Å²) in [4.78, 5) is 23.7. The van der Waals surface area contributed by atoms with Crippen molar-refractivity contribution < 1.29 is 49.3 Å². The van der Waals surface area contributed by atoms with Crippen LogP contribution >= 0.6 is 0 Å². The molecule has 1 fully saturated rings. The van der Waals surface area contributed by atoms with E-state index < -0.39 is 47.9 Å². The van der Waals surface area contributed by atoms with Crippen LogP contribution in [0.15, 0.2) is 51.7 Å². The first kappa shape index (κ1) is 21.6. The van der Waals surface area contributed by atoms with Gasteiger partial charge in [0.2, 0.25) is 6.29 Å². The number of phenols is 2. The van der Waals surface area contributed by atoms with Crippen LogP contribution in [-0.2, 0) is 9.53 Å². The monoisotopic (exact) mass is 446 g/mol. The molecule has 6 N–H and O–H groups in total. The minimum Gasteiger partial charge on any atom is -0.508 e. The number of rotatable bonds is 4. The third kappa shape index (κ3) is 3.85. The molecule has 0 spiro atoms. The number of aliphatic carboxylic acids is 1. The Kier molecular flexibility index (Phi) is 5.48. The van der Waals surface area contributed by atoms with Crippen LogP contribution in [0, 0.1) is 0 Å². The lowest BCUT2D eigenvalue weighted by Gasteiger charge is -2.38. The third-order valence-electron chi connectivity index (χ3n) is 5.00. The highest BCUT2D eigenvalue weighted by atomic mass is 16.7. The zero-order valence-corrected chi connectivity index (χ0v) is 16.2. The summed E-state index contributed by atoms with van der Waals surface area (Å²) in [5.41, 5.74) is -0.173. The summed E-state index contributed by atoms with van der Waals surface area (Å²) in [6.45, 7) is 0. The number of carboxylic acid groups (broad SMARTS) is 1. The Hall–Kier alpha value is -3.64. The summed E-state index contributed by atoms with van der Waals surface area (Å²) in [5.74, 6) is -2.11. The average molecular weight is 446 g/mol. The van der Waals surface area contributed by atoms with Crippen LogP contribution in [0.25, 0.3) is 22.3 Å². The van der Waals surface area contributed by atoms with E-state index in [4.69, 9.17) is 19.0 Å². The van der Waals surface area contributed by atoms with Crippen molar-refractivity contribution in [2.75, 3.05) is 0 Å². The molecule has 2 heterocycles. The molecule has 0 amide bonds. The van der Waals surface area contributed by atoms with E-state index in [-0.39, 0.29) is 28.2 Å². The van der Waals surface area contributed by atoms with Crippen LogP contribution in [-0.4, -0.2) is 67.3 Å². The van der Waals surface area contributed by atoms with Crippen molar-refractivity contribution in [2.45, 2.75) is 30.7 Å². The van der Waals surface area contributed by atoms with Crippen molar-refractivity contribution in [1.29, 1.82) is 0 Å². The van der Waals surface area contributed by atoms with Gasteiger partial charge in [0.1, 0.15) is 52.3 Å². The first-order chi connectivity index (χ1) is 15.2. The molecule has 1 saturated heterocycles. The lowest BCUT2D eigenvalue weighted by molar-refractivity contribution is -0.271. The van der Waals surface area contributed by atoms with Gasteiger partial charge in [-0.3, -0.25) is 4.79 Å². The van der Waals surface area contributed by atoms with Gasteiger partial charge in [-0.1, -0.05) is 0 Å². The molecule has 0 saturated carbocycles. The zero-order valence-electron chi connectivity index (χ0n) is 16.2. The number of aliphatic hydroxyl groups excluding tert-OH is 3. The Morgan fingerprint density at radius 3 is 2.28 bits per heavy atom. The van der Waals surface area contributed by atoms with E-state index in [1.54, 1.807) is 0 Å². The molecule has 3 aromatic rings. The van der Waals surface area contributed by atoms with Crippen LogP contribution in [0.1, 0.15) is 0 Å². The average Bonchev–Trinajstić information content (AvgIpc) is 2.73. The normalized spacial score (nSPS) is 25.5. The van der Waals surface area contributed by atoms with Gasteiger partial charge in [0.05, 0.1) is 0 Å². The van der Waals surface area contributed by atoms with E-state index in [1.807, 2.05) is 0 Å². The first-order valence-corrected chi connectivity index (χ1v) is 9.35. The van der Waals surface area contributed by atoms with Crippen molar-refractivity contribution in [2.24, 2.45) is 0 Å². The molecule has 11 heteroatoms. The van der Waals surface area contributed by atoms with Crippen LogP contribution in [0.3, 0.4) is 0 Å². The Labute approximate surface area is 178 Å². The van der Waals surface area contributed by atoms with E-state index in [9.17, 15) is 35.1 Å². The molecule has 0 aliphatic carbocycles. The maximum Gasteiger partial charge on any atom is 0.335 e. The molecule has 0 radical (unpaired) electrons. The Balaban J connectivity index is 1.71. The highest BCUT2D eigenvalue weighted by molar-refractivity contribution is 5.86. The van der Waals surface area contributed by atoms with Crippen LogP contribution < -0.4 is 10.2 Å². The number of phenolic OH excluding ortho intramolecular Hbond substituents is 2. The predicted molar refractivity (Wildman–Crippen MR) is 106 cm³/mol. The number of ether oxygens (including phenoxy) is 2. The molecule has 0 unspecified atom stereocenters. The molecular formula is C21H18O11. The molecule has 1 aromatic heterocycles. The van der Waals surface area contributed by atoms with Crippen molar-refractivity contribution in [3.63, 3.8) is 0 Å². The van der Waals surface area contributed by atoms with Gasteiger partial charge in [-0.25, -0.2) is 4.79 Å². The van der Waals surface area contributed by atoms with Gasteiger partial charge in [-0.05, 0) is 24.3 Å². The summed E-state index contributed by atoms with van der Waals surface area (Å²) < 4.78 is 16.1. The summed E-state index contributed by atoms with van der Waals surface area (Å²) in [5, 5.41) is 58.5. The molecule has 32 heavy (non-hydrogen) atoms. The second-order valence-corrected chi connectivity index (χ2v) is 7.19. The van der Waals surface area contributed by atoms with Crippen LogP contribution in [0.5, 0.6) is 17.2 Å². The van der Waals surface area contributed by atoms with E-state index in [0.717, 1.165) is 12.1 Å². The standard InChI is InChI=1S/C21H18O11/c22-9-3-1-8(2-4-9)13-7-12(24)15-11(23)5-10(6-14(15)31-13)30-21-18(27)16(25)17(26)19(32-21)20(28)29/h1-7,16-19,21-23,25-27H,(H,28,29)/t16-,17+,18+,19+,21+/m1/s1. The smallest absolute Gasteiger partial charge is 0.335 e. The van der Waals surface area contributed by atoms with Gasteiger partial charge < -0.3 is 44.5 Å². The summed E-state index contributed by atoms with van der Waals surface area (Å²) in [6.07, 6.45) is -9.15. The lowest BCUT2D eigenvalue weighted by Crippen LogP contribution is -2.61. The van der Waals surface area contributed by atoms with Crippen molar-refractivity contribution in [3.05, 3.63) is 52.7 Å². The van der Waals surface area contributed by atoms with E-state index in [0.29, 0.717) is 5.56 Å². The number of carbonyl (C=O) groups is 1. The molecule has 168 valence electrons. The summed E-state index contributed by atoms with van der Waals surface area (Å²) >= 11 is 0.